The van der Waals surface area contributed by atoms with E-state index in [1.165, 1.54) is 6.08 Å². The molecule has 1 fully saturated rings. The molecule has 0 saturated carbocycles. The second kappa shape index (κ2) is 10.5. The van der Waals surface area contributed by atoms with Gasteiger partial charge in [-0.05, 0) is 76.9 Å². The molecule has 1 aliphatic rings. The van der Waals surface area contributed by atoms with Gasteiger partial charge in [-0.1, -0.05) is 28.1 Å². The fourth-order valence-electron chi connectivity index (χ4n) is 2.92. The van der Waals surface area contributed by atoms with Gasteiger partial charge in [0.15, 0.2) is 6.61 Å². The number of hydrogen-bond donors (Lipinski definition) is 1. The second-order valence-electron chi connectivity index (χ2n) is 6.94. The van der Waals surface area contributed by atoms with Crippen LogP contribution in [-0.4, -0.2) is 46.9 Å². The molecule has 32 heavy (non-hydrogen) atoms. The highest BCUT2D eigenvalue weighted by atomic mass is 79.9. The highest BCUT2D eigenvalue weighted by Crippen LogP contribution is 2.38. The van der Waals surface area contributed by atoms with Crippen LogP contribution in [0.15, 0.2) is 44.2 Å². The molecule has 2 amide bonds. The lowest BCUT2D eigenvalue weighted by molar-refractivity contribution is -0.139. The summed E-state index contributed by atoms with van der Waals surface area (Å²) in [4.78, 5) is 37.5. The van der Waals surface area contributed by atoms with E-state index < -0.39 is 23.7 Å². The number of hydrogen-bond acceptors (Lipinski definition) is 6. The third-order valence-electron chi connectivity index (χ3n) is 4.45. The molecule has 10 heteroatoms. The average Bonchev–Trinajstić information content (AvgIpc) is 2.97. The number of amides is 2. The first-order valence-electron chi connectivity index (χ1n) is 9.44. The molecule has 0 atom stereocenters. The van der Waals surface area contributed by atoms with Crippen molar-refractivity contribution in [1.29, 1.82) is 0 Å². The maximum Gasteiger partial charge on any atom is 0.341 e. The van der Waals surface area contributed by atoms with Gasteiger partial charge in [0.2, 0.25) is 0 Å². The molecule has 0 unspecified atom stereocenters. The summed E-state index contributed by atoms with van der Waals surface area (Å²) in [5.41, 5.74) is 2.49. The number of ether oxygens (including phenoxy) is 2. The molecule has 3 rings (SSSR count). The highest BCUT2D eigenvalue weighted by molar-refractivity contribution is 9.11. The Labute approximate surface area is 206 Å². The number of imide groups is 1. The normalized spacial score (nSPS) is 14.9. The zero-order chi connectivity index (χ0) is 23.4. The van der Waals surface area contributed by atoms with Crippen molar-refractivity contribution in [3.05, 3.63) is 60.9 Å². The molecular weight excluding hydrogens is 566 g/mol. The van der Waals surface area contributed by atoms with E-state index in [4.69, 9.17) is 14.6 Å². The Morgan fingerprint density at radius 2 is 1.91 bits per heavy atom. The van der Waals surface area contributed by atoms with Gasteiger partial charge in [0.25, 0.3) is 11.1 Å². The Kier molecular flexibility index (Phi) is 8.02. The van der Waals surface area contributed by atoms with Gasteiger partial charge in [0, 0.05) is 10.0 Å². The maximum atomic E-state index is 12.8. The number of rotatable bonds is 8. The van der Waals surface area contributed by atoms with Gasteiger partial charge in [-0.3, -0.25) is 14.5 Å². The molecule has 0 bridgehead atoms. The van der Waals surface area contributed by atoms with E-state index in [9.17, 15) is 14.4 Å². The predicted molar refractivity (Wildman–Crippen MR) is 129 cm³/mol. The fourth-order valence-corrected chi connectivity index (χ4v) is 5.15. The minimum absolute atomic E-state index is 0.111. The molecule has 2 aromatic rings. The average molecular weight is 585 g/mol. The number of aryl methyl sites for hydroxylation is 2. The summed E-state index contributed by atoms with van der Waals surface area (Å²) < 4.78 is 12.3. The van der Waals surface area contributed by atoms with Crippen molar-refractivity contribution in [1.82, 2.24) is 4.90 Å². The molecule has 0 aliphatic carbocycles. The molecule has 1 N–H and O–H groups in total. The maximum absolute atomic E-state index is 12.8. The van der Waals surface area contributed by atoms with Gasteiger partial charge in [0.1, 0.15) is 18.1 Å². The number of aliphatic carboxylic acids is 1. The first kappa shape index (κ1) is 24.3. The molecule has 1 aliphatic heterocycles. The first-order chi connectivity index (χ1) is 15.2. The van der Waals surface area contributed by atoms with E-state index in [0.29, 0.717) is 20.3 Å². The van der Waals surface area contributed by atoms with Crippen LogP contribution < -0.4 is 9.47 Å². The van der Waals surface area contributed by atoms with Crippen LogP contribution in [-0.2, 0) is 9.59 Å². The molecule has 168 valence electrons. The summed E-state index contributed by atoms with van der Waals surface area (Å²) in [5.74, 6) is -0.591. The standard InChI is InChI=1S/C22H19Br2NO6S/c1-12-3-4-13(2)17(7-12)30-6-5-25-21(28)18(32-22(25)29)9-14-8-15(23)10-16(24)20(14)31-11-19(26)27/h3-4,7-10H,5-6,11H2,1-2H3,(H,26,27)/b18-9-. The van der Waals surface area contributed by atoms with Crippen LogP contribution in [0.2, 0.25) is 0 Å². The minimum Gasteiger partial charge on any atom is -0.491 e. The quantitative estimate of drug-likeness (QED) is 0.415. The van der Waals surface area contributed by atoms with Gasteiger partial charge >= 0.3 is 5.97 Å². The van der Waals surface area contributed by atoms with Gasteiger partial charge in [-0.2, -0.15) is 0 Å². The molecule has 1 saturated heterocycles. The second-order valence-corrected chi connectivity index (χ2v) is 9.70. The minimum atomic E-state index is -1.13. The number of thioether (sulfide) groups is 1. The van der Waals surface area contributed by atoms with E-state index in [2.05, 4.69) is 31.9 Å². The van der Waals surface area contributed by atoms with Gasteiger partial charge < -0.3 is 14.6 Å². The number of carboxylic acid groups (broad SMARTS) is 1. The van der Waals surface area contributed by atoms with Crippen molar-refractivity contribution in [2.24, 2.45) is 0 Å². The molecule has 7 nitrogen and oxygen atoms in total. The largest absolute Gasteiger partial charge is 0.491 e. The van der Waals surface area contributed by atoms with Crippen LogP contribution >= 0.6 is 43.6 Å². The molecule has 0 radical (unpaired) electrons. The van der Waals surface area contributed by atoms with Gasteiger partial charge in [-0.15, -0.1) is 0 Å². The summed E-state index contributed by atoms with van der Waals surface area (Å²) in [5, 5.41) is 8.52. The predicted octanol–water partition coefficient (Wildman–Crippen LogP) is 5.41. The van der Waals surface area contributed by atoms with Crippen LogP contribution in [0.5, 0.6) is 11.5 Å². The molecule has 0 spiro atoms. The van der Waals surface area contributed by atoms with E-state index in [0.717, 1.165) is 27.8 Å². The zero-order valence-electron chi connectivity index (χ0n) is 17.2. The Bertz CT molecular complexity index is 1120. The molecule has 0 aromatic heterocycles. The number of halogens is 2. The van der Waals surface area contributed by atoms with Crippen molar-refractivity contribution < 1.29 is 29.0 Å². The number of nitrogens with zero attached hydrogens (tertiary/aromatic N) is 1. The highest BCUT2D eigenvalue weighted by Gasteiger charge is 2.35. The Morgan fingerprint density at radius 1 is 1.16 bits per heavy atom. The van der Waals surface area contributed by atoms with Crippen LogP contribution in [0, 0.1) is 13.8 Å². The smallest absolute Gasteiger partial charge is 0.341 e. The zero-order valence-corrected chi connectivity index (χ0v) is 21.2. The van der Waals surface area contributed by atoms with Crippen LogP contribution in [0.1, 0.15) is 16.7 Å². The first-order valence-corrected chi connectivity index (χ1v) is 11.8. The Hall–Kier alpha value is -2.30. The summed E-state index contributed by atoms with van der Waals surface area (Å²) in [6.45, 7) is 3.63. The van der Waals surface area contributed by atoms with E-state index in [1.807, 2.05) is 32.0 Å². The SMILES string of the molecule is Cc1ccc(C)c(OCCN2C(=O)S/C(=C\c3cc(Br)cc(Br)c3OCC(=O)O)C2=O)c1. The van der Waals surface area contributed by atoms with Crippen LogP contribution in [0.4, 0.5) is 4.79 Å². The summed E-state index contributed by atoms with van der Waals surface area (Å²) in [7, 11) is 0. The molecular formula is C22H19Br2NO6S. The summed E-state index contributed by atoms with van der Waals surface area (Å²) in [6, 6.07) is 9.23. The molecule has 2 aromatic carbocycles. The van der Waals surface area contributed by atoms with Gasteiger partial charge in [0.05, 0.1) is 15.9 Å². The van der Waals surface area contributed by atoms with Gasteiger partial charge in [-0.25, -0.2) is 4.79 Å². The Morgan fingerprint density at radius 3 is 2.62 bits per heavy atom. The van der Waals surface area contributed by atoms with Crippen molar-refractivity contribution >= 4 is 66.8 Å². The number of benzene rings is 2. The topological polar surface area (TPSA) is 93.1 Å². The molecule has 1 heterocycles. The van der Waals surface area contributed by atoms with E-state index >= 15 is 0 Å². The Balaban J connectivity index is 1.75. The fraction of sp³-hybridized carbons (Fsp3) is 0.227. The number of carbonyl (C=O) groups excluding carboxylic acids is 2. The van der Waals surface area contributed by atoms with Crippen molar-refractivity contribution in [2.45, 2.75) is 13.8 Å². The monoisotopic (exact) mass is 583 g/mol. The van der Waals surface area contributed by atoms with Crippen LogP contribution in [0.25, 0.3) is 6.08 Å². The van der Waals surface area contributed by atoms with E-state index in [-0.39, 0.29) is 23.8 Å². The number of carboxylic acids is 1. The lowest BCUT2D eigenvalue weighted by atomic mass is 10.1. The summed E-state index contributed by atoms with van der Waals surface area (Å²) in [6.07, 6.45) is 1.52. The van der Waals surface area contributed by atoms with Crippen molar-refractivity contribution in [3.63, 3.8) is 0 Å². The number of carbonyl (C=O) groups is 3. The third-order valence-corrected chi connectivity index (χ3v) is 6.41. The van der Waals surface area contributed by atoms with Crippen molar-refractivity contribution in [3.8, 4) is 11.5 Å². The summed E-state index contributed by atoms with van der Waals surface area (Å²) >= 11 is 7.52. The van der Waals surface area contributed by atoms with Crippen molar-refractivity contribution in [2.75, 3.05) is 19.8 Å². The lowest BCUT2D eigenvalue weighted by Gasteiger charge is -2.15. The van der Waals surface area contributed by atoms with E-state index in [1.54, 1.807) is 12.1 Å². The van der Waals surface area contributed by atoms with Crippen LogP contribution in [0.3, 0.4) is 0 Å². The third kappa shape index (κ3) is 5.93. The lowest BCUT2D eigenvalue weighted by Crippen LogP contribution is -2.32.